The molecule has 2 aliphatic rings. The predicted molar refractivity (Wildman–Crippen MR) is 66.1 cm³/mol. The summed E-state index contributed by atoms with van der Waals surface area (Å²) in [6, 6.07) is 8.33. The fourth-order valence-corrected chi connectivity index (χ4v) is 3.44. The smallest absolute Gasteiger partial charge is 0.0498 e. The van der Waals surface area contributed by atoms with Crippen LogP contribution < -0.4 is 5.32 Å². The second-order valence-corrected chi connectivity index (χ2v) is 6.61. The van der Waals surface area contributed by atoms with E-state index in [1.807, 2.05) is 12.1 Å². The largest absolute Gasteiger partial charge is 0.316 e. The molecule has 1 aromatic rings. The minimum atomic E-state index is -0.850. The number of hydrogen-bond donors (Lipinski definition) is 1. The van der Waals surface area contributed by atoms with Crippen molar-refractivity contribution in [2.75, 3.05) is 19.3 Å². The van der Waals surface area contributed by atoms with Gasteiger partial charge in [0.25, 0.3) is 0 Å². The Morgan fingerprint density at radius 3 is 2.31 bits per heavy atom. The highest BCUT2D eigenvalue weighted by atomic mass is 32.2. The van der Waals surface area contributed by atoms with E-state index in [4.69, 9.17) is 0 Å². The van der Waals surface area contributed by atoms with E-state index >= 15 is 0 Å². The van der Waals surface area contributed by atoms with Crippen LogP contribution in [0, 0.1) is 5.41 Å². The molecule has 1 aliphatic carbocycles. The lowest BCUT2D eigenvalue weighted by Gasteiger charge is -2.54. The summed E-state index contributed by atoms with van der Waals surface area (Å²) in [6.45, 7) is 2.42. The summed E-state index contributed by atoms with van der Waals surface area (Å²) < 4.78 is 11.3. The fraction of sp³-hybridized carbons (Fsp3) is 0.538. The molecule has 2 nitrogen and oxygen atoms in total. The summed E-state index contributed by atoms with van der Waals surface area (Å²) >= 11 is 0. The molecule has 86 valence electrons. The SMILES string of the molecule is CS(=O)c1ccc(C2CC3(CNC3)C2)cc1. The van der Waals surface area contributed by atoms with Gasteiger partial charge in [0, 0.05) is 35.0 Å². The van der Waals surface area contributed by atoms with E-state index in [2.05, 4.69) is 17.4 Å². The zero-order valence-electron chi connectivity index (χ0n) is 9.53. The van der Waals surface area contributed by atoms with Crippen molar-refractivity contribution in [1.29, 1.82) is 0 Å². The van der Waals surface area contributed by atoms with Gasteiger partial charge >= 0.3 is 0 Å². The second-order valence-electron chi connectivity index (χ2n) is 5.23. The lowest BCUT2D eigenvalue weighted by Crippen LogP contribution is -2.59. The molecule has 3 heteroatoms. The maximum atomic E-state index is 11.3. The van der Waals surface area contributed by atoms with E-state index in [0.29, 0.717) is 5.41 Å². The molecule has 0 aromatic heterocycles. The molecule has 1 unspecified atom stereocenters. The van der Waals surface area contributed by atoms with Crippen LogP contribution in [-0.2, 0) is 10.8 Å². The third-order valence-electron chi connectivity index (χ3n) is 4.04. The van der Waals surface area contributed by atoms with E-state index in [0.717, 1.165) is 10.8 Å². The van der Waals surface area contributed by atoms with Crippen LogP contribution in [0.3, 0.4) is 0 Å². The van der Waals surface area contributed by atoms with Gasteiger partial charge in [-0.3, -0.25) is 4.21 Å². The summed E-state index contributed by atoms with van der Waals surface area (Å²) in [4.78, 5) is 0.933. The van der Waals surface area contributed by atoms with Crippen molar-refractivity contribution >= 4 is 10.8 Å². The Morgan fingerprint density at radius 2 is 1.88 bits per heavy atom. The third kappa shape index (κ3) is 1.62. The highest BCUT2D eigenvalue weighted by Gasteiger charge is 2.48. The van der Waals surface area contributed by atoms with Crippen LogP contribution in [0.15, 0.2) is 29.2 Å². The first-order valence-corrected chi connectivity index (χ1v) is 7.38. The van der Waals surface area contributed by atoms with Crippen LogP contribution in [0.4, 0.5) is 0 Å². The van der Waals surface area contributed by atoms with Gasteiger partial charge in [0.1, 0.15) is 0 Å². The molecule has 1 aromatic carbocycles. The molecule has 0 bridgehead atoms. The van der Waals surface area contributed by atoms with Gasteiger partial charge in [0.15, 0.2) is 0 Å². The Kier molecular flexibility index (Phi) is 2.41. The zero-order valence-corrected chi connectivity index (χ0v) is 10.3. The molecule has 1 atom stereocenters. The van der Waals surface area contributed by atoms with E-state index in [1.165, 1.54) is 31.5 Å². The average Bonchev–Trinajstić information content (AvgIpc) is 2.14. The van der Waals surface area contributed by atoms with Crippen LogP contribution in [0.2, 0.25) is 0 Å². The van der Waals surface area contributed by atoms with E-state index in [-0.39, 0.29) is 0 Å². The summed E-state index contributed by atoms with van der Waals surface area (Å²) in [5, 5.41) is 3.36. The Labute approximate surface area is 98.9 Å². The molecule has 1 N–H and O–H groups in total. The van der Waals surface area contributed by atoms with Gasteiger partial charge < -0.3 is 5.32 Å². The van der Waals surface area contributed by atoms with Crippen molar-refractivity contribution in [2.24, 2.45) is 5.41 Å². The molecule has 0 amide bonds. The topological polar surface area (TPSA) is 29.1 Å². The average molecular weight is 235 g/mol. The highest BCUT2D eigenvalue weighted by Crippen LogP contribution is 2.53. The standard InChI is InChI=1S/C13H17NOS/c1-16(15)12-4-2-10(3-5-12)11-6-13(7-11)8-14-9-13/h2-5,11,14H,6-9H2,1H3. The first-order valence-electron chi connectivity index (χ1n) is 5.83. The number of hydrogen-bond acceptors (Lipinski definition) is 2. The lowest BCUT2D eigenvalue weighted by atomic mass is 9.57. The normalized spacial score (nSPS) is 24.8. The first kappa shape index (κ1) is 10.5. The van der Waals surface area contributed by atoms with E-state index in [1.54, 1.807) is 6.26 Å². The minimum absolute atomic E-state index is 0.636. The van der Waals surface area contributed by atoms with Crippen LogP contribution in [0.5, 0.6) is 0 Å². The number of benzene rings is 1. The summed E-state index contributed by atoms with van der Waals surface area (Å²) in [5.41, 5.74) is 2.06. The molecule has 1 heterocycles. The molecule has 16 heavy (non-hydrogen) atoms. The van der Waals surface area contributed by atoms with Gasteiger partial charge in [-0.25, -0.2) is 0 Å². The molecule has 3 rings (SSSR count). The second kappa shape index (κ2) is 3.67. The Morgan fingerprint density at radius 1 is 1.25 bits per heavy atom. The quantitative estimate of drug-likeness (QED) is 0.848. The van der Waals surface area contributed by atoms with Gasteiger partial charge in [0.05, 0.1) is 0 Å². The molecule has 1 saturated heterocycles. The van der Waals surface area contributed by atoms with Crippen LogP contribution in [0.1, 0.15) is 24.3 Å². The molecule has 0 radical (unpaired) electrons. The highest BCUT2D eigenvalue weighted by molar-refractivity contribution is 7.84. The Bertz CT molecular complexity index is 414. The monoisotopic (exact) mass is 235 g/mol. The lowest BCUT2D eigenvalue weighted by molar-refractivity contribution is 0.0363. The molecule has 1 aliphatic heterocycles. The summed E-state index contributed by atoms with van der Waals surface area (Å²) in [5.74, 6) is 0.737. The Hall–Kier alpha value is -0.670. The predicted octanol–water partition coefficient (Wildman–Crippen LogP) is 1.89. The van der Waals surface area contributed by atoms with Crippen molar-refractivity contribution in [3.8, 4) is 0 Å². The van der Waals surface area contributed by atoms with Crippen LogP contribution in [-0.4, -0.2) is 23.6 Å². The van der Waals surface area contributed by atoms with E-state index in [9.17, 15) is 4.21 Å². The fourth-order valence-electron chi connectivity index (χ4n) is 2.92. The van der Waals surface area contributed by atoms with Gasteiger partial charge in [-0.1, -0.05) is 12.1 Å². The summed E-state index contributed by atoms with van der Waals surface area (Å²) in [6.07, 6.45) is 4.39. The van der Waals surface area contributed by atoms with Crippen molar-refractivity contribution < 1.29 is 4.21 Å². The number of rotatable bonds is 2. The molecule has 2 fully saturated rings. The van der Waals surface area contributed by atoms with E-state index < -0.39 is 10.8 Å². The molecule has 1 spiro atoms. The van der Waals surface area contributed by atoms with Crippen molar-refractivity contribution in [3.05, 3.63) is 29.8 Å². The van der Waals surface area contributed by atoms with Crippen molar-refractivity contribution in [2.45, 2.75) is 23.7 Å². The van der Waals surface area contributed by atoms with Gasteiger partial charge in [-0.15, -0.1) is 0 Å². The van der Waals surface area contributed by atoms with Gasteiger partial charge in [0.2, 0.25) is 0 Å². The third-order valence-corrected chi connectivity index (χ3v) is 4.98. The van der Waals surface area contributed by atoms with Gasteiger partial charge in [-0.2, -0.15) is 0 Å². The van der Waals surface area contributed by atoms with Crippen molar-refractivity contribution in [1.82, 2.24) is 5.32 Å². The maximum absolute atomic E-state index is 11.3. The summed E-state index contributed by atoms with van der Waals surface area (Å²) in [7, 11) is -0.850. The maximum Gasteiger partial charge on any atom is 0.0498 e. The minimum Gasteiger partial charge on any atom is -0.316 e. The first-order chi connectivity index (χ1) is 7.69. The van der Waals surface area contributed by atoms with Crippen LogP contribution >= 0.6 is 0 Å². The zero-order chi connectivity index (χ0) is 11.2. The Balaban J connectivity index is 1.69. The molecular formula is C13H17NOS. The van der Waals surface area contributed by atoms with Crippen LogP contribution in [0.25, 0.3) is 0 Å². The molecule has 1 saturated carbocycles. The van der Waals surface area contributed by atoms with Crippen molar-refractivity contribution in [3.63, 3.8) is 0 Å². The number of nitrogens with one attached hydrogen (secondary N) is 1. The molecular weight excluding hydrogens is 218 g/mol. The van der Waals surface area contributed by atoms with Gasteiger partial charge in [-0.05, 0) is 41.9 Å².